The van der Waals surface area contributed by atoms with Crippen LogP contribution < -0.4 is 0 Å². The molecule has 8 aromatic carbocycles. The highest BCUT2D eigenvalue weighted by atomic mass is 15.0. The number of hydrogen-bond acceptors (Lipinski definition) is 3. The average molecular weight is 586 g/mol. The van der Waals surface area contributed by atoms with Crippen LogP contribution in [0.2, 0.25) is 0 Å². The van der Waals surface area contributed by atoms with Gasteiger partial charge in [-0.2, -0.15) is 0 Å². The van der Waals surface area contributed by atoms with Crippen molar-refractivity contribution >= 4 is 43.1 Å². The molecule has 0 atom stereocenters. The van der Waals surface area contributed by atoms with Crippen molar-refractivity contribution in [3.63, 3.8) is 0 Å². The Labute approximate surface area is 266 Å². The number of fused-ring (bicyclic) bond motifs is 8. The van der Waals surface area contributed by atoms with Gasteiger partial charge in [-0.25, -0.2) is 15.0 Å². The first-order chi connectivity index (χ1) is 22.8. The minimum Gasteiger partial charge on any atom is -0.208 e. The second-order valence-electron chi connectivity index (χ2n) is 11.6. The van der Waals surface area contributed by atoms with Crippen molar-refractivity contribution in [2.45, 2.75) is 0 Å². The molecule has 3 nitrogen and oxygen atoms in total. The van der Waals surface area contributed by atoms with Crippen LogP contribution in [0, 0.1) is 0 Å². The number of aromatic nitrogens is 3. The first kappa shape index (κ1) is 26.2. The topological polar surface area (TPSA) is 38.7 Å². The van der Waals surface area contributed by atoms with Gasteiger partial charge in [0.1, 0.15) is 0 Å². The van der Waals surface area contributed by atoms with E-state index in [-0.39, 0.29) is 0 Å². The molecule has 0 aliphatic rings. The van der Waals surface area contributed by atoms with E-state index >= 15 is 0 Å². The summed E-state index contributed by atoms with van der Waals surface area (Å²) >= 11 is 0. The number of rotatable bonds is 4. The van der Waals surface area contributed by atoms with E-state index in [1.165, 1.54) is 43.1 Å². The molecule has 0 unspecified atom stereocenters. The van der Waals surface area contributed by atoms with Crippen LogP contribution in [0.25, 0.3) is 88.4 Å². The monoisotopic (exact) mass is 585 g/mol. The molecule has 46 heavy (non-hydrogen) atoms. The summed E-state index contributed by atoms with van der Waals surface area (Å²) < 4.78 is 0. The summed E-state index contributed by atoms with van der Waals surface area (Å²) in [6.07, 6.45) is 0. The van der Waals surface area contributed by atoms with E-state index in [0.29, 0.717) is 17.5 Å². The maximum atomic E-state index is 4.96. The van der Waals surface area contributed by atoms with Crippen LogP contribution in [-0.2, 0) is 0 Å². The van der Waals surface area contributed by atoms with E-state index in [2.05, 4.69) is 103 Å². The SMILES string of the molecule is c1ccc(-c2nc(-c3ccccc3)nc(-c3cccc(-c4ccc5c(c4)c4ccccc4c4c6ccccc6ccc54)c3)n2)cc1. The molecule has 0 saturated carbocycles. The molecular weight excluding hydrogens is 558 g/mol. The molecule has 0 aliphatic carbocycles. The lowest BCUT2D eigenvalue weighted by atomic mass is 9.89. The maximum absolute atomic E-state index is 4.96. The van der Waals surface area contributed by atoms with Gasteiger partial charge in [0.15, 0.2) is 17.5 Å². The zero-order chi connectivity index (χ0) is 30.5. The average Bonchev–Trinajstić information content (AvgIpc) is 3.15. The molecule has 0 fully saturated rings. The van der Waals surface area contributed by atoms with Gasteiger partial charge in [-0.15, -0.1) is 0 Å². The van der Waals surface area contributed by atoms with E-state index in [9.17, 15) is 0 Å². The van der Waals surface area contributed by atoms with Crippen molar-refractivity contribution in [1.82, 2.24) is 15.0 Å². The third-order valence-corrected chi connectivity index (χ3v) is 8.88. The molecule has 0 bridgehead atoms. The van der Waals surface area contributed by atoms with Gasteiger partial charge in [-0.05, 0) is 66.3 Å². The van der Waals surface area contributed by atoms with Gasteiger partial charge in [-0.3, -0.25) is 0 Å². The fraction of sp³-hybridized carbons (Fsp3) is 0. The van der Waals surface area contributed by atoms with Crippen molar-refractivity contribution in [1.29, 1.82) is 0 Å². The smallest absolute Gasteiger partial charge is 0.164 e. The zero-order valence-electron chi connectivity index (χ0n) is 24.9. The normalized spacial score (nSPS) is 11.5. The molecule has 0 spiro atoms. The van der Waals surface area contributed by atoms with E-state index in [1.54, 1.807) is 0 Å². The first-order valence-electron chi connectivity index (χ1n) is 15.5. The summed E-state index contributed by atoms with van der Waals surface area (Å²) in [5, 5.41) is 10.2. The summed E-state index contributed by atoms with van der Waals surface area (Å²) in [7, 11) is 0. The quantitative estimate of drug-likeness (QED) is 0.193. The van der Waals surface area contributed by atoms with Crippen molar-refractivity contribution in [3.05, 3.63) is 164 Å². The Balaban J connectivity index is 1.22. The van der Waals surface area contributed by atoms with E-state index in [1.807, 2.05) is 60.7 Å². The van der Waals surface area contributed by atoms with Crippen LogP contribution in [0.5, 0.6) is 0 Å². The molecule has 0 saturated heterocycles. The summed E-state index contributed by atoms with van der Waals surface area (Å²) in [6, 6.07) is 57.6. The molecule has 9 aromatic rings. The molecule has 214 valence electrons. The van der Waals surface area contributed by atoms with Crippen LogP contribution in [0.1, 0.15) is 0 Å². The second-order valence-corrected chi connectivity index (χ2v) is 11.6. The van der Waals surface area contributed by atoms with Gasteiger partial charge in [-0.1, -0.05) is 152 Å². The van der Waals surface area contributed by atoms with Crippen LogP contribution >= 0.6 is 0 Å². The molecule has 0 amide bonds. The van der Waals surface area contributed by atoms with E-state index in [0.717, 1.165) is 27.8 Å². The molecule has 0 radical (unpaired) electrons. The summed E-state index contributed by atoms with van der Waals surface area (Å²) in [6.45, 7) is 0. The van der Waals surface area contributed by atoms with Crippen molar-refractivity contribution in [2.75, 3.05) is 0 Å². The van der Waals surface area contributed by atoms with Crippen LogP contribution in [0.15, 0.2) is 164 Å². The Kier molecular flexibility index (Phi) is 6.14. The maximum Gasteiger partial charge on any atom is 0.164 e. The Morgan fingerprint density at radius 2 is 0.739 bits per heavy atom. The summed E-state index contributed by atoms with van der Waals surface area (Å²) in [4.78, 5) is 14.8. The Bertz CT molecular complexity index is 2500. The minimum atomic E-state index is 0.652. The fourth-order valence-corrected chi connectivity index (χ4v) is 6.68. The van der Waals surface area contributed by atoms with Gasteiger partial charge >= 0.3 is 0 Å². The fourth-order valence-electron chi connectivity index (χ4n) is 6.68. The van der Waals surface area contributed by atoms with Gasteiger partial charge in [0.05, 0.1) is 0 Å². The van der Waals surface area contributed by atoms with Crippen molar-refractivity contribution in [2.24, 2.45) is 0 Å². The number of nitrogens with zero attached hydrogens (tertiary/aromatic N) is 3. The number of benzene rings is 8. The van der Waals surface area contributed by atoms with E-state index in [4.69, 9.17) is 15.0 Å². The largest absolute Gasteiger partial charge is 0.208 e. The Morgan fingerprint density at radius 3 is 1.46 bits per heavy atom. The Morgan fingerprint density at radius 1 is 0.261 bits per heavy atom. The molecule has 1 aromatic heterocycles. The van der Waals surface area contributed by atoms with Gasteiger partial charge < -0.3 is 0 Å². The summed E-state index contributed by atoms with van der Waals surface area (Å²) in [5.74, 6) is 1.97. The molecule has 1 heterocycles. The molecule has 0 aliphatic heterocycles. The lowest BCUT2D eigenvalue weighted by Gasteiger charge is -2.14. The van der Waals surface area contributed by atoms with E-state index < -0.39 is 0 Å². The Hall–Kier alpha value is -6.19. The third-order valence-electron chi connectivity index (χ3n) is 8.88. The van der Waals surface area contributed by atoms with Gasteiger partial charge in [0, 0.05) is 16.7 Å². The third kappa shape index (κ3) is 4.41. The lowest BCUT2D eigenvalue weighted by Crippen LogP contribution is -2.00. The standard InChI is InChI=1S/C43H27N3/c1-3-13-29(14-4-1)41-44-42(30-15-5-2-6-16-30)46-43(45-41)33-18-11-17-31(26-33)32-23-24-36-38-25-22-28-12-7-8-19-34(28)40(38)37-21-10-9-20-35(37)39(36)27-32/h1-27H. The highest BCUT2D eigenvalue weighted by Crippen LogP contribution is 2.40. The predicted octanol–water partition coefficient (Wildman–Crippen LogP) is 11.2. The predicted molar refractivity (Wildman–Crippen MR) is 192 cm³/mol. The number of hydrogen-bond donors (Lipinski definition) is 0. The van der Waals surface area contributed by atoms with Gasteiger partial charge in [0.25, 0.3) is 0 Å². The molecular formula is C43H27N3. The van der Waals surface area contributed by atoms with Crippen LogP contribution in [0.3, 0.4) is 0 Å². The van der Waals surface area contributed by atoms with Crippen LogP contribution in [0.4, 0.5) is 0 Å². The van der Waals surface area contributed by atoms with Crippen LogP contribution in [-0.4, -0.2) is 15.0 Å². The summed E-state index contributed by atoms with van der Waals surface area (Å²) in [5.41, 5.74) is 5.14. The molecule has 9 rings (SSSR count). The molecule has 0 N–H and O–H groups in total. The van der Waals surface area contributed by atoms with Crippen molar-refractivity contribution < 1.29 is 0 Å². The second kappa shape index (κ2) is 10.8. The lowest BCUT2D eigenvalue weighted by molar-refractivity contribution is 1.07. The van der Waals surface area contributed by atoms with Gasteiger partial charge in [0.2, 0.25) is 0 Å². The highest BCUT2D eigenvalue weighted by molar-refractivity contribution is 6.31. The minimum absolute atomic E-state index is 0.652. The highest BCUT2D eigenvalue weighted by Gasteiger charge is 2.15. The first-order valence-corrected chi connectivity index (χ1v) is 15.5. The molecule has 3 heteroatoms. The zero-order valence-corrected chi connectivity index (χ0v) is 24.9. The van der Waals surface area contributed by atoms with Crippen molar-refractivity contribution in [3.8, 4) is 45.3 Å².